The molecule has 1 saturated heterocycles. The molecule has 128 valence electrons. The fourth-order valence-electron chi connectivity index (χ4n) is 3.37. The van der Waals surface area contributed by atoms with Crippen molar-refractivity contribution in [1.82, 2.24) is 4.90 Å². The second kappa shape index (κ2) is 6.65. The Kier molecular flexibility index (Phi) is 4.57. The smallest absolute Gasteiger partial charge is 0.290 e. The molecule has 3 rings (SSSR count). The molecule has 24 heavy (non-hydrogen) atoms. The molecule has 0 saturated carbocycles. The third kappa shape index (κ3) is 2.89. The van der Waals surface area contributed by atoms with E-state index in [1.807, 2.05) is 6.07 Å². The molecule has 6 nitrogen and oxygen atoms in total. The summed E-state index contributed by atoms with van der Waals surface area (Å²) in [5, 5.41) is 10.2. The van der Waals surface area contributed by atoms with Crippen LogP contribution in [-0.2, 0) is 14.3 Å². The Hall–Kier alpha value is -2.34. The summed E-state index contributed by atoms with van der Waals surface area (Å²) in [5.41, 5.74) is 0.862. The lowest BCUT2D eigenvalue weighted by atomic mass is 9.96. The van der Waals surface area contributed by atoms with Crippen molar-refractivity contribution < 1.29 is 24.2 Å². The van der Waals surface area contributed by atoms with Gasteiger partial charge in [-0.05, 0) is 37.5 Å². The van der Waals surface area contributed by atoms with E-state index in [2.05, 4.69) is 0 Å². The molecule has 0 aromatic heterocycles. The normalized spacial score (nSPS) is 23.9. The molecule has 6 heteroatoms. The minimum Gasteiger partial charge on any atom is -0.503 e. The number of methoxy groups -OCH3 is 1. The molecule has 2 atom stereocenters. The average molecular weight is 331 g/mol. The number of aliphatic hydroxyl groups excluding tert-OH is 1. The number of carbonyl (C=O) groups is 2. The molecule has 2 aliphatic rings. The van der Waals surface area contributed by atoms with Gasteiger partial charge in [0.2, 0.25) is 0 Å². The fourth-order valence-corrected chi connectivity index (χ4v) is 3.37. The zero-order chi connectivity index (χ0) is 17.3. The number of benzene rings is 1. The van der Waals surface area contributed by atoms with Crippen molar-refractivity contribution in [3.63, 3.8) is 0 Å². The summed E-state index contributed by atoms with van der Waals surface area (Å²) in [5.74, 6) is -0.674. The summed E-state index contributed by atoms with van der Waals surface area (Å²) in [7, 11) is 1.56. The Morgan fingerprint density at radius 2 is 2.25 bits per heavy atom. The highest BCUT2D eigenvalue weighted by molar-refractivity contribution is 6.08. The van der Waals surface area contributed by atoms with Gasteiger partial charge in [0.25, 0.3) is 5.91 Å². The highest BCUT2D eigenvalue weighted by atomic mass is 16.5. The molecule has 0 radical (unpaired) electrons. The minimum absolute atomic E-state index is 0.0684. The number of hydrogen-bond acceptors (Lipinski definition) is 5. The predicted molar refractivity (Wildman–Crippen MR) is 86.8 cm³/mol. The average Bonchev–Trinajstić information content (AvgIpc) is 3.17. The van der Waals surface area contributed by atoms with Crippen LogP contribution in [0.1, 0.15) is 31.4 Å². The number of rotatable bonds is 5. The van der Waals surface area contributed by atoms with Crippen LogP contribution in [-0.4, -0.2) is 48.1 Å². The van der Waals surface area contributed by atoms with Crippen LogP contribution >= 0.6 is 0 Å². The lowest BCUT2D eigenvalue weighted by molar-refractivity contribution is -0.131. The molecule has 1 N–H and O–H groups in total. The standard InChI is InChI=1S/C18H21NO5/c1-11(20)15-16(12-5-3-6-13(9-12)23-2)19(18(22)17(15)21)10-14-7-4-8-24-14/h3,5-6,9,14,16,21H,4,7-8,10H2,1-2H3/t14-,16+/m1/s1. The fraction of sp³-hybridized carbons (Fsp3) is 0.444. The zero-order valence-corrected chi connectivity index (χ0v) is 13.8. The van der Waals surface area contributed by atoms with E-state index in [1.54, 1.807) is 25.3 Å². The molecular formula is C18H21NO5. The Balaban J connectivity index is 2.00. The van der Waals surface area contributed by atoms with Gasteiger partial charge in [-0.2, -0.15) is 0 Å². The Labute approximate surface area is 140 Å². The number of ketones is 1. The number of hydrogen-bond donors (Lipinski definition) is 1. The maximum atomic E-state index is 12.5. The molecule has 1 aromatic rings. The van der Waals surface area contributed by atoms with E-state index in [1.165, 1.54) is 11.8 Å². The maximum absolute atomic E-state index is 12.5. The predicted octanol–water partition coefficient (Wildman–Crippen LogP) is 2.16. The van der Waals surface area contributed by atoms with Gasteiger partial charge in [0, 0.05) is 13.2 Å². The number of nitrogens with zero attached hydrogens (tertiary/aromatic N) is 1. The lowest BCUT2D eigenvalue weighted by Gasteiger charge is -2.28. The largest absolute Gasteiger partial charge is 0.503 e. The lowest BCUT2D eigenvalue weighted by Crippen LogP contribution is -2.37. The summed E-state index contributed by atoms with van der Waals surface area (Å²) < 4.78 is 10.9. The van der Waals surface area contributed by atoms with Crippen molar-refractivity contribution in [3.8, 4) is 5.75 Å². The van der Waals surface area contributed by atoms with Crippen LogP contribution in [0.3, 0.4) is 0 Å². The van der Waals surface area contributed by atoms with Gasteiger partial charge in [0.1, 0.15) is 5.75 Å². The Bertz CT molecular complexity index is 690. The first-order valence-electron chi connectivity index (χ1n) is 8.03. The number of ether oxygens (including phenoxy) is 2. The van der Waals surface area contributed by atoms with Crippen LogP contribution in [0.5, 0.6) is 5.75 Å². The minimum atomic E-state index is -0.616. The molecular weight excluding hydrogens is 310 g/mol. The van der Waals surface area contributed by atoms with Crippen molar-refractivity contribution in [1.29, 1.82) is 0 Å². The van der Waals surface area contributed by atoms with Crippen LogP contribution in [0.25, 0.3) is 0 Å². The summed E-state index contributed by atoms with van der Waals surface area (Å²) in [6, 6.07) is 6.58. The summed E-state index contributed by atoms with van der Waals surface area (Å²) in [6.07, 6.45) is 1.75. The first-order valence-corrected chi connectivity index (χ1v) is 8.03. The molecule has 0 aliphatic carbocycles. The maximum Gasteiger partial charge on any atom is 0.290 e. The van der Waals surface area contributed by atoms with Crippen LogP contribution in [0.4, 0.5) is 0 Å². The number of amides is 1. The number of aliphatic hydroxyl groups is 1. The summed E-state index contributed by atoms with van der Waals surface area (Å²) in [4.78, 5) is 26.1. The molecule has 1 fully saturated rings. The monoisotopic (exact) mass is 331 g/mol. The SMILES string of the molecule is COc1cccc([C@H]2C(C(C)=O)=C(O)C(=O)N2C[C@H]2CCCO2)c1. The van der Waals surface area contributed by atoms with Crippen LogP contribution in [0.2, 0.25) is 0 Å². The molecule has 0 unspecified atom stereocenters. The van der Waals surface area contributed by atoms with Crippen molar-refractivity contribution in [2.75, 3.05) is 20.3 Å². The van der Waals surface area contributed by atoms with E-state index in [4.69, 9.17) is 9.47 Å². The highest BCUT2D eigenvalue weighted by Crippen LogP contribution is 2.39. The van der Waals surface area contributed by atoms with Gasteiger partial charge in [-0.15, -0.1) is 0 Å². The van der Waals surface area contributed by atoms with Crippen molar-refractivity contribution in [2.45, 2.75) is 31.9 Å². The van der Waals surface area contributed by atoms with Gasteiger partial charge in [-0.1, -0.05) is 12.1 Å². The highest BCUT2D eigenvalue weighted by Gasteiger charge is 2.43. The topological polar surface area (TPSA) is 76.1 Å². The molecule has 0 bridgehead atoms. The van der Waals surface area contributed by atoms with Gasteiger partial charge >= 0.3 is 0 Å². The summed E-state index contributed by atoms with van der Waals surface area (Å²) >= 11 is 0. The van der Waals surface area contributed by atoms with Crippen LogP contribution < -0.4 is 4.74 Å². The molecule has 2 aliphatic heterocycles. The van der Waals surface area contributed by atoms with Crippen molar-refractivity contribution >= 4 is 11.7 Å². The van der Waals surface area contributed by atoms with Gasteiger partial charge < -0.3 is 19.5 Å². The van der Waals surface area contributed by atoms with Crippen molar-refractivity contribution in [3.05, 3.63) is 41.2 Å². The van der Waals surface area contributed by atoms with E-state index in [-0.39, 0.29) is 17.5 Å². The zero-order valence-electron chi connectivity index (χ0n) is 13.8. The number of Topliss-reactive ketones (excluding diaryl/α,β-unsaturated/α-hetero) is 1. The van der Waals surface area contributed by atoms with Crippen LogP contribution in [0.15, 0.2) is 35.6 Å². The first-order chi connectivity index (χ1) is 11.5. The van der Waals surface area contributed by atoms with Crippen LogP contribution in [0, 0.1) is 0 Å². The van der Waals surface area contributed by atoms with Gasteiger partial charge in [0.15, 0.2) is 11.5 Å². The Morgan fingerprint density at radius 1 is 1.46 bits per heavy atom. The van der Waals surface area contributed by atoms with Gasteiger partial charge in [0.05, 0.1) is 24.8 Å². The van der Waals surface area contributed by atoms with E-state index < -0.39 is 17.7 Å². The van der Waals surface area contributed by atoms with Gasteiger partial charge in [-0.3, -0.25) is 9.59 Å². The molecule has 1 aromatic carbocycles. The molecule has 2 heterocycles. The number of carbonyl (C=O) groups excluding carboxylic acids is 2. The third-order valence-corrected chi connectivity index (χ3v) is 4.52. The summed E-state index contributed by atoms with van der Waals surface area (Å²) in [6.45, 7) is 2.39. The first kappa shape index (κ1) is 16.5. The quantitative estimate of drug-likeness (QED) is 0.895. The van der Waals surface area contributed by atoms with E-state index in [9.17, 15) is 14.7 Å². The second-order valence-electron chi connectivity index (χ2n) is 6.09. The molecule has 0 spiro atoms. The van der Waals surface area contributed by atoms with E-state index in [0.29, 0.717) is 18.9 Å². The van der Waals surface area contributed by atoms with E-state index in [0.717, 1.165) is 18.4 Å². The van der Waals surface area contributed by atoms with E-state index >= 15 is 0 Å². The van der Waals surface area contributed by atoms with Gasteiger partial charge in [-0.25, -0.2) is 0 Å². The molecule has 1 amide bonds. The second-order valence-corrected chi connectivity index (χ2v) is 6.09. The van der Waals surface area contributed by atoms with Crippen molar-refractivity contribution in [2.24, 2.45) is 0 Å². The Morgan fingerprint density at radius 3 is 2.88 bits per heavy atom. The third-order valence-electron chi connectivity index (χ3n) is 4.52.